The summed E-state index contributed by atoms with van der Waals surface area (Å²) in [5.41, 5.74) is 0. The maximum absolute atomic E-state index is 12.9. The molecule has 20 heavy (non-hydrogen) atoms. The van der Waals surface area contributed by atoms with Gasteiger partial charge in [-0.05, 0) is 12.1 Å². The molecule has 1 aliphatic rings. The number of carbonyl (C=O) groups is 2. The number of hydrogen-bond acceptors (Lipinski definition) is 4. The average molecular weight is 282 g/mol. The molecule has 1 saturated heterocycles. The van der Waals surface area contributed by atoms with E-state index in [9.17, 15) is 14.0 Å². The van der Waals surface area contributed by atoms with Gasteiger partial charge in [0.15, 0.2) is 6.61 Å². The Morgan fingerprint density at radius 1 is 1.60 bits per heavy atom. The van der Waals surface area contributed by atoms with Crippen LogP contribution in [0.3, 0.4) is 0 Å². The summed E-state index contributed by atoms with van der Waals surface area (Å²) in [6.07, 6.45) is -0.758. The van der Waals surface area contributed by atoms with Crippen molar-refractivity contribution in [3.63, 3.8) is 0 Å². The van der Waals surface area contributed by atoms with E-state index in [4.69, 9.17) is 9.47 Å². The zero-order chi connectivity index (χ0) is 14.5. The molecule has 0 bridgehead atoms. The molecule has 2 amide bonds. The van der Waals surface area contributed by atoms with Crippen LogP contribution in [0, 0.1) is 5.82 Å². The summed E-state index contributed by atoms with van der Waals surface area (Å²) in [5, 5.41) is 2.59. The highest BCUT2D eigenvalue weighted by Crippen LogP contribution is 2.11. The highest BCUT2D eigenvalue weighted by molar-refractivity contribution is 5.77. The van der Waals surface area contributed by atoms with Gasteiger partial charge in [0.05, 0.1) is 13.1 Å². The van der Waals surface area contributed by atoms with Gasteiger partial charge in [-0.2, -0.15) is 0 Å². The van der Waals surface area contributed by atoms with E-state index in [0.717, 1.165) is 0 Å². The lowest BCUT2D eigenvalue weighted by Gasteiger charge is -2.10. The third kappa shape index (κ3) is 3.84. The van der Waals surface area contributed by atoms with Crippen molar-refractivity contribution in [2.75, 3.05) is 26.7 Å². The largest absolute Gasteiger partial charge is 0.484 e. The number of hydrogen-bond donors (Lipinski definition) is 1. The second kappa shape index (κ2) is 6.23. The van der Waals surface area contributed by atoms with Gasteiger partial charge >= 0.3 is 6.09 Å². The van der Waals surface area contributed by atoms with Crippen LogP contribution in [0.2, 0.25) is 0 Å². The van der Waals surface area contributed by atoms with Crippen molar-refractivity contribution in [1.82, 2.24) is 10.2 Å². The summed E-state index contributed by atoms with van der Waals surface area (Å²) >= 11 is 0. The Morgan fingerprint density at radius 3 is 3.05 bits per heavy atom. The molecule has 1 atom stereocenters. The summed E-state index contributed by atoms with van der Waals surface area (Å²) in [5.74, 6) is -0.504. The molecule has 108 valence electrons. The molecule has 0 aromatic heterocycles. The van der Waals surface area contributed by atoms with E-state index in [2.05, 4.69) is 5.32 Å². The van der Waals surface area contributed by atoms with Crippen molar-refractivity contribution in [1.29, 1.82) is 0 Å². The van der Waals surface area contributed by atoms with Crippen molar-refractivity contribution in [2.45, 2.75) is 6.10 Å². The number of likely N-dealkylation sites (N-methyl/N-ethyl adjacent to an activating group) is 1. The predicted molar refractivity (Wildman–Crippen MR) is 67.8 cm³/mol. The topological polar surface area (TPSA) is 67.9 Å². The van der Waals surface area contributed by atoms with Gasteiger partial charge < -0.3 is 19.7 Å². The lowest BCUT2D eigenvalue weighted by molar-refractivity contribution is -0.123. The van der Waals surface area contributed by atoms with Crippen molar-refractivity contribution in [2.24, 2.45) is 0 Å². The molecule has 0 aliphatic carbocycles. The number of ether oxygens (including phenoxy) is 2. The minimum absolute atomic E-state index is 0.222. The molecule has 1 aliphatic heterocycles. The second-order valence-corrected chi connectivity index (χ2v) is 4.44. The van der Waals surface area contributed by atoms with E-state index < -0.39 is 11.9 Å². The molecule has 7 heteroatoms. The van der Waals surface area contributed by atoms with Gasteiger partial charge in [-0.15, -0.1) is 0 Å². The monoisotopic (exact) mass is 282 g/mol. The van der Waals surface area contributed by atoms with E-state index in [1.54, 1.807) is 13.1 Å². The van der Waals surface area contributed by atoms with Crippen molar-refractivity contribution < 1.29 is 23.5 Å². The first-order valence-electron chi connectivity index (χ1n) is 6.11. The third-order valence-corrected chi connectivity index (χ3v) is 2.75. The molecule has 1 aromatic carbocycles. The first kappa shape index (κ1) is 14.1. The average Bonchev–Trinajstić information content (AvgIpc) is 2.73. The number of nitrogens with zero attached hydrogens (tertiary/aromatic N) is 1. The highest BCUT2D eigenvalue weighted by Gasteiger charge is 2.28. The van der Waals surface area contributed by atoms with Crippen LogP contribution in [0.25, 0.3) is 0 Å². The van der Waals surface area contributed by atoms with Crippen LogP contribution in [-0.2, 0) is 9.53 Å². The molecule has 1 unspecified atom stereocenters. The molecular weight excluding hydrogens is 267 g/mol. The van der Waals surface area contributed by atoms with E-state index in [1.807, 2.05) is 0 Å². The molecule has 2 rings (SSSR count). The van der Waals surface area contributed by atoms with Gasteiger partial charge in [-0.25, -0.2) is 9.18 Å². The third-order valence-electron chi connectivity index (χ3n) is 2.75. The normalized spacial score (nSPS) is 17.8. The summed E-state index contributed by atoms with van der Waals surface area (Å²) in [7, 11) is 1.62. The number of rotatable bonds is 5. The zero-order valence-electron chi connectivity index (χ0n) is 11.0. The SMILES string of the molecule is CN1CC(CNC(=O)COc2cccc(F)c2)OC1=O. The minimum Gasteiger partial charge on any atom is -0.484 e. The van der Waals surface area contributed by atoms with Crippen LogP contribution in [0.4, 0.5) is 9.18 Å². The molecule has 0 saturated carbocycles. The lowest BCUT2D eigenvalue weighted by atomic mass is 10.3. The smallest absolute Gasteiger partial charge is 0.410 e. The molecule has 1 fully saturated rings. The lowest BCUT2D eigenvalue weighted by Crippen LogP contribution is -2.36. The fourth-order valence-corrected chi connectivity index (χ4v) is 1.74. The standard InChI is InChI=1S/C13H15FN2O4/c1-16-7-11(20-13(16)18)6-15-12(17)8-19-10-4-2-3-9(14)5-10/h2-5,11H,6-8H2,1H3,(H,15,17). The number of nitrogens with one attached hydrogen (secondary N) is 1. The molecule has 1 aromatic rings. The summed E-state index contributed by atoms with van der Waals surface area (Å²) in [6.45, 7) is 0.436. The van der Waals surface area contributed by atoms with Crippen molar-refractivity contribution >= 4 is 12.0 Å². The molecule has 1 N–H and O–H groups in total. The van der Waals surface area contributed by atoms with E-state index in [1.165, 1.54) is 23.1 Å². The van der Waals surface area contributed by atoms with Gasteiger partial charge in [0, 0.05) is 13.1 Å². The quantitative estimate of drug-likeness (QED) is 0.866. The van der Waals surface area contributed by atoms with Gasteiger partial charge in [0.2, 0.25) is 0 Å². The van der Waals surface area contributed by atoms with Crippen LogP contribution in [0.1, 0.15) is 0 Å². The number of amides is 2. The number of halogens is 1. The molecule has 6 nitrogen and oxygen atoms in total. The number of benzene rings is 1. The second-order valence-electron chi connectivity index (χ2n) is 4.44. The Bertz CT molecular complexity index is 509. The van der Waals surface area contributed by atoms with Crippen LogP contribution in [-0.4, -0.2) is 49.7 Å². The maximum Gasteiger partial charge on any atom is 0.410 e. The highest BCUT2D eigenvalue weighted by atomic mass is 19.1. The zero-order valence-corrected chi connectivity index (χ0v) is 11.0. The van der Waals surface area contributed by atoms with E-state index in [-0.39, 0.29) is 30.9 Å². The predicted octanol–water partition coefficient (Wildman–Crippen LogP) is 0.771. The summed E-state index contributed by atoms with van der Waals surface area (Å²) < 4.78 is 23.0. The number of carbonyl (C=O) groups excluding carboxylic acids is 2. The molecule has 1 heterocycles. The first-order valence-corrected chi connectivity index (χ1v) is 6.11. The Kier molecular flexibility index (Phi) is 4.39. The van der Waals surface area contributed by atoms with Crippen LogP contribution >= 0.6 is 0 Å². The van der Waals surface area contributed by atoms with E-state index >= 15 is 0 Å². The van der Waals surface area contributed by atoms with Crippen molar-refractivity contribution in [3.05, 3.63) is 30.1 Å². The van der Waals surface area contributed by atoms with Gasteiger partial charge in [0.25, 0.3) is 5.91 Å². The Labute approximate surface area is 115 Å². The maximum atomic E-state index is 12.9. The summed E-state index contributed by atoms with van der Waals surface area (Å²) in [4.78, 5) is 24.1. The van der Waals surface area contributed by atoms with Crippen molar-refractivity contribution in [3.8, 4) is 5.75 Å². The fraction of sp³-hybridized carbons (Fsp3) is 0.385. The van der Waals surface area contributed by atoms with Gasteiger partial charge in [0.1, 0.15) is 17.7 Å². The number of cyclic esters (lactones) is 1. The van der Waals surface area contributed by atoms with Crippen LogP contribution in [0.15, 0.2) is 24.3 Å². The Hall–Kier alpha value is -2.31. The molecule has 0 radical (unpaired) electrons. The van der Waals surface area contributed by atoms with Crippen LogP contribution < -0.4 is 10.1 Å². The van der Waals surface area contributed by atoms with Gasteiger partial charge in [-0.3, -0.25) is 4.79 Å². The van der Waals surface area contributed by atoms with Crippen LogP contribution in [0.5, 0.6) is 5.75 Å². The first-order chi connectivity index (χ1) is 9.54. The van der Waals surface area contributed by atoms with Gasteiger partial charge in [-0.1, -0.05) is 6.07 Å². The Balaban J connectivity index is 1.70. The molecular formula is C13H15FN2O4. The summed E-state index contributed by atoms with van der Waals surface area (Å²) in [6, 6.07) is 5.54. The molecule has 0 spiro atoms. The minimum atomic E-state index is -0.427. The Morgan fingerprint density at radius 2 is 2.40 bits per heavy atom. The van der Waals surface area contributed by atoms with E-state index in [0.29, 0.717) is 6.54 Å². The fourth-order valence-electron chi connectivity index (χ4n) is 1.74.